The van der Waals surface area contributed by atoms with Crippen LogP contribution in [0.4, 0.5) is 0 Å². The highest BCUT2D eigenvalue weighted by Gasteiger charge is 2.65. The number of carboxylic acids is 1. The number of phenols is 2. The quantitative estimate of drug-likeness (QED) is 0.0414. The second-order valence-corrected chi connectivity index (χ2v) is 24.0. The smallest absolute Gasteiger partial charge is 0.340 e. The molecule has 316 valence electrons. The summed E-state index contributed by atoms with van der Waals surface area (Å²) in [5, 5.41) is 32.1. The number of aliphatic carboxylic acids is 1. The Morgan fingerprint density at radius 1 is 0.724 bits per heavy atom. The van der Waals surface area contributed by atoms with Gasteiger partial charge in [0.2, 0.25) is 0 Å². The molecule has 1 spiro atoms. The van der Waals surface area contributed by atoms with Crippen molar-refractivity contribution in [2.75, 3.05) is 78.4 Å². The lowest BCUT2D eigenvalue weighted by Crippen LogP contribution is -2.55. The Labute approximate surface area is 358 Å². The van der Waals surface area contributed by atoms with Crippen LogP contribution in [0, 0.1) is 16.2 Å². The van der Waals surface area contributed by atoms with E-state index in [0.717, 1.165) is 33.6 Å². The molecule has 2 heterocycles. The largest absolute Gasteiger partial charge is 0.508 e. The summed E-state index contributed by atoms with van der Waals surface area (Å²) in [7, 11) is 19.5. The van der Waals surface area contributed by atoms with Crippen molar-refractivity contribution in [1.29, 1.82) is 0 Å². The van der Waals surface area contributed by atoms with E-state index < -0.39 is 50.9 Å². The molecular formula is C43H58N2O9S4+2. The molecule has 2 aliphatic heterocycles. The van der Waals surface area contributed by atoms with Crippen LogP contribution in [0.2, 0.25) is 0 Å². The number of carbonyl (C=O) groups is 4. The minimum atomic E-state index is -2.22. The van der Waals surface area contributed by atoms with Crippen LogP contribution in [0.3, 0.4) is 0 Å². The first-order chi connectivity index (χ1) is 26.9. The van der Waals surface area contributed by atoms with E-state index in [-0.39, 0.29) is 40.6 Å². The van der Waals surface area contributed by atoms with Crippen LogP contribution in [-0.4, -0.2) is 126 Å². The Morgan fingerprint density at radius 2 is 1.16 bits per heavy atom. The molecule has 3 N–H and O–H groups in total. The number of ketones is 2. The number of esters is 1. The summed E-state index contributed by atoms with van der Waals surface area (Å²) in [6.45, 7) is 8.97. The maximum Gasteiger partial charge on any atom is 0.340 e. The fourth-order valence-electron chi connectivity index (χ4n) is 7.66. The van der Waals surface area contributed by atoms with Gasteiger partial charge in [0.05, 0.1) is 78.0 Å². The Hall–Kier alpha value is -3.08. The van der Waals surface area contributed by atoms with E-state index >= 15 is 9.59 Å². The first-order valence-electron chi connectivity index (χ1n) is 19.3. The molecule has 0 unspecified atom stereocenters. The maximum atomic E-state index is 15.4. The zero-order chi connectivity index (χ0) is 43.1. The van der Waals surface area contributed by atoms with Crippen molar-refractivity contribution >= 4 is 66.7 Å². The number of phenolic OH excluding ortho intramolecular Hbond substituents is 2. The van der Waals surface area contributed by atoms with E-state index in [9.17, 15) is 24.9 Å². The predicted octanol–water partition coefficient (Wildman–Crippen LogP) is 7.85. The van der Waals surface area contributed by atoms with Crippen LogP contribution in [0.15, 0.2) is 59.2 Å². The van der Waals surface area contributed by atoms with E-state index in [1.165, 1.54) is 36.4 Å². The number of rotatable bonds is 19. The standard InChI is InChI=1S/C43H56N2O9S4/c1-40(2,17-21-55-57-23-19-44(5,6)7)38(51)42(39(52)41(3,4)18-22-56-58-24-20-45(8,9)10)16-15-31-34(35(42)36(48)49)37(50)54-43(31)29-13-11-27(46)25-32(29)53-33-26-28(47)12-14-30(33)43/h11-15,25-26H,16-24H2,1-10H3,(H-2,46,47,48,49)/p+2. The number of quaternary nitrogens is 2. The second-order valence-electron chi connectivity index (χ2n) is 18.6. The Bertz CT molecular complexity index is 1930. The molecule has 5 rings (SSSR count). The van der Waals surface area contributed by atoms with Gasteiger partial charge in [-0.05, 0) is 43.5 Å². The van der Waals surface area contributed by atoms with Gasteiger partial charge in [-0.15, -0.1) is 0 Å². The van der Waals surface area contributed by atoms with Crippen LogP contribution < -0.4 is 4.74 Å². The van der Waals surface area contributed by atoms with E-state index in [0.29, 0.717) is 35.5 Å². The van der Waals surface area contributed by atoms with Gasteiger partial charge < -0.3 is 33.8 Å². The summed E-state index contributed by atoms with van der Waals surface area (Å²) >= 11 is 0. The SMILES string of the molecule is CC(C)(CCSSCC[N+](C)(C)C)C(=O)C1(C(=O)C(C)(C)CCSSCC[N+](C)(C)C)CC=C2C(=C1C(=O)O)C(=O)OC21c2ccc(O)cc2Oc2cc(O)ccc21. The predicted molar refractivity (Wildman–Crippen MR) is 235 cm³/mol. The molecule has 0 radical (unpaired) electrons. The number of aromatic hydroxyl groups is 2. The molecule has 2 aromatic carbocycles. The molecule has 0 bridgehead atoms. The third-order valence-electron chi connectivity index (χ3n) is 11.0. The van der Waals surface area contributed by atoms with Gasteiger partial charge in [-0.3, -0.25) is 9.59 Å². The summed E-state index contributed by atoms with van der Waals surface area (Å²) in [5.74, 6) is -0.640. The van der Waals surface area contributed by atoms with Gasteiger partial charge in [0.1, 0.15) is 28.4 Å². The molecule has 0 saturated carbocycles. The van der Waals surface area contributed by atoms with Crippen LogP contribution in [-0.2, 0) is 29.5 Å². The Balaban J connectivity index is 1.61. The normalized spacial score (nSPS) is 17.2. The third-order valence-corrected chi connectivity index (χ3v) is 15.8. The highest BCUT2D eigenvalue weighted by atomic mass is 33.1. The van der Waals surface area contributed by atoms with E-state index in [4.69, 9.17) is 9.47 Å². The topological polar surface area (TPSA) is 147 Å². The zero-order valence-corrected chi connectivity index (χ0v) is 38.5. The van der Waals surface area contributed by atoms with Crippen molar-refractivity contribution in [3.63, 3.8) is 0 Å². The molecule has 0 aromatic heterocycles. The molecule has 15 heteroatoms. The number of allylic oxidation sites excluding steroid dienone is 1. The van der Waals surface area contributed by atoms with Crippen molar-refractivity contribution < 1.29 is 52.9 Å². The molecule has 0 atom stereocenters. The zero-order valence-electron chi connectivity index (χ0n) is 35.2. The van der Waals surface area contributed by atoms with Gasteiger partial charge in [-0.25, -0.2) is 9.59 Å². The minimum absolute atomic E-state index is 0.129. The summed E-state index contributed by atoms with van der Waals surface area (Å²) in [4.78, 5) is 59.3. The first kappa shape index (κ1) is 46.0. The number of fused-ring (bicyclic) bond motifs is 6. The van der Waals surface area contributed by atoms with Gasteiger partial charge in [0.25, 0.3) is 0 Å². The van der Waals surface area contributed by atoms with Crippen molar-refractivity contribution in [3.8, 4) is 23.0 Å². The Morgan fingerprint density at radius 3 is 1.57 bits per heavy atom. The van der Waals surface area contributed by atoms with Gasteiger partial charge >= 0.3 is 11.9 Å². The lowest BCUT2D eigenvalue weighted by atomic mass is 9.54. The Kier molecular flexibility index (Phi) is 13.6. The number of carboxylic acid groups (broad SMARTS) is 1. The number of ether oxygens (including phenoxy) is 2. The molecule has 1 fully saturated rings. The third kappa shape index (κ3) is 9.29. The van der Waals surface area contributed by atoms with E-state index in [2.05, 4.69) is 42.3 Å². The molecule has 3 aliphatic rings. The van der Waals surface area contributed by atoms with Gasteiger partial charge in [-0.1, -0.05) is 76.9 Å². The molecular weight excluding hydrogens is 817 g/mol. The van der Waals surface area contributed by atoms with Crippen molar-refractivity contribution in [2.45, 2.75) is 52.6 Å². The summed E-state index contributed by atoms with van der Waals surface area (Å²) in [6, 6.07) is 8.59. The van der Waals surface area contributed by atoms with Crippen molar-refractivity contribution in [1.82, 2.24) is 0 Å². The number of Topliss-reactive ketones (excluding diaryl/α,β-unsaturated/α-hetero) is 2. The monoisotopic (exact) mass is 874 g/mol. The molecule has 0 amide bonds. The average molecular weight is 875 g/mol. The minimum Gasteiger partial charge on any atom is -0.508 e. The number of hydrogen-bond acceptors (Lipinski definition) is 12. The number of benzene rings is 2. The highest BCUT2D eigenvalue weighted by molar-refractivity contribution is 8.77. The van der Waals surface area contributed by atoms with Crippen LogP contribution in [0.5, 0.6) is 23.0 Å². The lowest BCUT2D eigenvalue weighted by Gasteiger charge is -2.44. The van der Waals surface area contributed by atoms with Crippen molar-refractivity contribution in [3.05, 3.63) is 70.3 Å². The van der Waals surface area contributed by atoms with Crippen molar-refractivity contribution in [2.24, 2.45) is 16.2 Å². The lowest BCUT2D eigenvalue weighted by molar-refractivity contribution is -0.867. The number of hydrogen-bond donors (Lipinski definition) is 3. The average Bonchev–Trinajstić information content (AvgIpc) is 3.40. The highest BCUT2D eigenvalue weighted by Crippen LogP contribution is 2.62. The molecule has 1 saturated heterocycles. The number of carbonyl (C=O) groups excluding carboxylic acids is 3. The van der Waals surface area contributed by atoms with Gasteiger partial charge in [-0.2, -0.15) is 0 Å². The molecule has 2 aromatic rings. The molecule has 11 nitrogen and oxygen atoms in total. The van der Waals surface area contributed by atoms with Gasteiger partial charge in [0, 0.05) is 51.2 Å². The maximum absolute atomic E-state index is 15.4. The van der Waals surface area contributed by atoms with E-state index in [1.54, 1.807) is 76.9 Å². The molecule has 58 heavy (non-hydrogen) atoms. The summed E-state index contributed by atoms with van der Waals surface area (Å²) in [5.41, 5.74) is -6.43. The van der Waals surface area contributed by atoms with Crippen LogP contribution in [0.1, 0.15) is 58.1 Å². The van der Waals surface area contributed by atoms with E-state index in [1.807, 2.05) is 0 Å². The first-order valence-corrected chi connectivity index (χ1v) is 24.3. The van der Waals surface area contributed by atoms with Crippen LogP contribution in [0.25, 0.3) is 0 Å². The summed E-state index contributed by atoms with van der Waals surface area (Å²) in [6.07, 6.45) is 2.06. The fraction of sp³-hybridized carbons (Fsp3) is 0.535. The second kappa shape index (κ2) is 17.1. The number of nitrogens with zero attached hydrogens (tertiary/aromatic N) is 2. The summed E-state index contributed by atoms with van der Waals surface area (Å²) < 4.78 is 14.1. The molecule has 1 aliphatic carbocycles. The van der Waals surface area contributed by atoms with Gasteiger partial charge in [0.15, 0.2) is 17.2 Å². The fourth-order valence-corrected chi connectivity index (χ4v) is 12.9. The van der Waals surface area contributed by atoms with Crippen LogP contribution >= 0.6 is 43.2 Å².